The number of hydrogen-bond acceptors (Lipinski definition) is 7. The second-order valence-corrected chi connectivity index (χ2v) is 9.34. The Morgan fingerprint density at radius 3 is 2.09 bits per heavy atom. The zero-order chi connectivity index (χ0) is 24.3. The van der Waals surface area contributed by atoms with E-state index in [4.69, 9.17) is 18.9 Å². The highest BCUT2D eigenvalue weighted by atomic mass is 32.2. The van der Waals surface area contributed by atoms with Crippen LogP contribution >= 0.6 is 0 Å². The Kier molecular flexibility index (Phi) is 6.65. The van der Waals surface area contributed by atoms with Gasteiger partial charge in [-0.1, -0.05) is 30.3 Å². The van der Waals surface area contributed by atoms with Crippen LogP contribution in [0.5, 0.6) is 23.0 Å². The molecule has 3 aromatic rings. The fourth-order valence-electron chi connectivity index (χ4n) is 3.97. The van der Waals surface area contributed by atoms with E-state index < -0.39 is 16.1 Å². The van der Waals surface area contributed by atoms with Crippen molar-refractivity contribution in [3.8, 4) is 23.0 Å². The number of benzene rings is 3. The van der Waals surface area contributed by atoms with Gasteiger partial charge >= 0.3 is 0 Å². The van der Waals surface area contributed by atoms with E-state index in [1.165, 1.54) is 7.11 Å². The second-order valence-electron chi connectivity index (χ2n) is 7.54. The summed E-state index contributed by atoms with van der Waals surface area (Å²) in [7, 11) is 2.23. The van der Waals surface area contributed by atoms with Crippen LogP contribution in [-0.2, 0) is 10.0 Å². The van der Waals surface area contributed by atoms with Crippen LogP contribution in [-0.4, -0.2) is 47.0 Å². The minimum absolute atomic E-state index is 0.148. The molecular formula is C25H26N2O6S. The van der Waals surface area contributed by atoms with E-state index in [1.54, 1.807) is 82.0 Å². The maximum absolute atomic E-state index is 13.7. The molecule has 0 aliphatic carbocycles. The molecule has 1 heterocycles. The fourth-order valence-corrected chi connectivity index (χ4v) is 5.41. The number of hydrazone groups is 1. The molecule has 9 heteroatoms. The Morgan fingerprint density at radius 1 is 0.824 bits per heavy atom. The van der Waals surface area contributed by atoms with Crippen LogP contribution in [0.4, 0.5) is 0 Å². The highest BCUT2D eigenvalue weighted by Gasteiger charge is 2.39. The van der Waals surface area contributed by atoms with Gasteiger partial charge in [-0.25, -0.2) is 0 Å². The first-order valence-electron chi connectivity index (χ1n) is 10.5. The monoisotopic (exact) mass is 482 g/mol. The molecule has 0 saturated heterocycles. The van der Waals surface area contributed by atoms with Crippen molar-refractivity contribution >= 4 is 15.7 Å². The standard InChI is InChI=1S/C25H26N2O6S/c1-30-18-13-17(14-19(15-18)31-2)22-16-23(21-11-8-12-24(32-3)25(21)33-4)27(26-22)34(28,29)20-9-6-5-7-10-20/h5-15,23H,16H2,1-4H3/t23-/m0/s1. The number of hydrogen-bond donors (Lipinski definition) is 0. The van der Waals surface area contributed by atoms with Crippen molar-refractivity contribution < 1.29 is 27.4 Å². The quantitative estimate of drug-likeness (QED) is 0.477. The fraction of sp³-hybridized carbons (Fsp3) is 0.240. The molecule has 0 unspecified atom stereocenters. The van der Waals surface area contributed by atoms with Crippen LogP contribution in [0, 0.1) is 0 Å². The lowest BCUT2D eigenvalue weighted by molar-refractivity contribution is 0.328. The third kappa shape index (κ3) is 4.26. The molecule has 3 aromatic carbocycles. The summed E-state index contributed by atoms with van der Waals surface area (Å²) in [6.07, 6.45) is 0.311. The smallest absolute Gasteiger partial charge is 0.279 e. The molecule has 0 fully saturated rings. The molecule has 0 aromatic heterocycles. The number of methoxy groups -OCH3 is 4. The molecule has 0 radical (unpaired) electrons. The lowest BCUT2D eigenvalue weighted by Crippen LogP contribution is -2.27. The van der Waals surface area contributed by atoms with Crippen LogP contribution in [0.1, 0.15) is 23.6 Å². The van der Waals surface area contributed by atoms with Crippen molar-refractivity contribution in [2.24, 2.45) is 5.10 Å². The van der Waals surface area contributed by atoms with E-state index in [1.807, 2.05) is 6.07 Å². The first kappa shape index (κ1) is 23.4. The number of nitrogens with zero attached hydrogens (tertiary/aromatic N) is 2. The van der Waals surface area contributed by atoms with Crippen LogP contribution in [0.15, 0.2) is 76.7 Å². The SMILES string of the molecule is COc1cc(OC)cc(C2=NN(S(=O)(=O)c3ccccc3)[C@H](c3cccc(OC)c3OC)C2)c1. The minimum atomic E-state index is -3.97. The molecule has 1 atom stereocenters. The molecule has 1 aliphatic rings. The van der Waals surface area contributed by atoms with Gasteiger partial charge in [0.05, 0.1) is 45.1 Å². The molecule has 0 saturated carbocycles. The maximum atomic E-state index is 13.7. The summed E-state index contributed by atoms with van der Waals surface area (Å²) in [5, 5.41) is 4.60. The number of rotatable bonds is 8. The molecule has 0 spiro atoms. The van der Waals surface area contributed by atoms with Gasteiger partial charge in [0, 0.05) is 23.6 Å². The Morgan fingerprint density at radius 2 is 1.50 bits per heavy atom. The molecule has 8 nitrogen and oxygen atoms in total. The predicted octanol–water partition coefficient (Wildman–Crippen LogP) is 4.26. The Bertz CT molecular complexity index is 1290. The Hall–Kier alpha value is -3.72. The summed E-state index contributed by atoms with van der Waals surface area (Å²) in [6.45, 7) is 0. The topological polar surface area (TPSA) is 86.7 Å². The first-order valence-corrected chi connectivity index (χ1v) is 12.0. The Balaban J connectivity index is 1.88. The van der Waals surface area contributed by atoms with Crippen molar-refractivity contribution in [1.29, 1.82) is 0 Å². The molecule has 0 amide bonds. The molecular weight excluding hydrogens is 456 g/mol. The van der Waals surface area contributed by atoms with Crippen molar-refractivity contribution in [2.75, 3.05) is 28.4 Å². The molecule has 4 rings (SSSR count). The van der Waals surface area contributed by atoms with Crippen LogP contribution in [0.3, 0.4) is 0 Å². The average molecular weight is 483 g/mol. The normalized spacial score (nSPS) is 15.6. The Labute approximate surface area is 199 Å². The number of sulfonamides is 1. The van der Waals surface area contributed by atoms with Gasteiger partial charge in [-0.2, -0.15) is 17.9 Å². The summed E-state index contributed by atoms with van der Waals surface area (Å²) >= 11 is 0. The van der Waals surface area contributed by atoms with E-state index >= 15 is 0 Å². The second kappa shape index (κ2) is 9.64. The third-order valence-corrected chi connectivity index (χ3v) is 7.33. The van der Waals surface area contributed by atoms with Crippen LogP contribution in [0.25, 0.3) is 0 Å². The molecule has 0 bridgehead atoms. The van der Waals surface area contributed by atoms with Crippen LogP contribution in [0.2, 0.25) is 0 Å². The third-order valence-electron chi connectivity index (χ3n) is 5.64. The van der Waals surface area contributed by atoms with Gasteiger partial charge in [-0.15, -0.1) is 0 Å². The van der Waals surface area contributed by atoms with E-state index in [2.05, 4.69) is 5.10 Å². The molecule has 0 N–H and O–H groups in total. The van der Waals surface area contributed by atoms with E-state index in [0.29, 0.717) is 46.3 Å². The highest BCUT2D eigenvalue weighted by molar-refractivity contribution is 7.89. The van der Waals surface area contributed by atoms with Crippen molar-refractivity contribution in [1.82, 2.24) is 4.41 Å². The lowest BCUT2D eigenvalue weighted by atomic mass is 9.98. The minimum Gasteiger partial charge on any atom is -0.497 e. The summed E-state index contributed by atoms with van der Waals surface area (Å²) in [6, 6.07) is 18.3. The molecule has 34 heavy (non-hydrogen) atoms. The summed E-state index contributed by atoms with van der Waals surface area (Å²) < 4.78 is 50.4. The van der Waals surface area contributed by atoms with E-state index in [-0.39, 0.29) is 4.90 Å². The molecule has 178 valence electrons. The van der Waals surface area contributed by atoms with Crippen molar-refractivity contribution in [3.63, 3.8) is 0 Å². The van der Waals surface area contributed by atoms with Gasteiger partial charge in [0.15, 0.2) is 11.5 Å². The predicted molar refractivity (Wildman–Crippen MR) is 128 cm³/mol. The molecule has 1 aliphatic heterocycles. The van der Waals surface area contributed by atoms with Crippen molar-refractivity contribution in [2.45, 2.75) is 17.4 Å². The van der Waals surface area contributed by atoms with Gasteiger partial charge in [-0.3, -0.25) is 0 Å². The van der Waals surface area contributed by atoms with Gasteiger partial charge in [0.1, 0.15) is 11.5 Å². The average Bonchev–Trinajstić information content (AvgIpc) is 3.34. The zero-order valence-corrected chi connectivity index (χ0v) is 20.2. The van der Waals surface area contributed by atoms with Crippen molar-refractivity contribution in [3.05, 3.63) is 77.9 Å². The van der Waals surface area contributed by atoms with Gasteiger partial charge in [-0.05, 0) is 30.3 Å². The number of ether oxygens (including phenoxy) is 4. The highest BCUT2D eigenvalue weighted by Crippen LogP contribution is 2.44. The zero-order valence-electron chi connectivity index (χ0n) is 19.4. The van der Waals surface area contributed by atoms with Gasteiger partial charge in [0.25, 0.3) is 10.0 Å². The van der Waals surface area contributed by atoms with Crippen LogP contribution < -0.4 is 18.9 Å². The number of para-hydroxylation sites is 1. The van der Waals surface area contributed by atoms with Gasteiger partial charge < -0.3 is 18.9 Å². The largest absolute Gasteiger partial charge is 0.497 e. The maximum Gasteiger partial charge on any atom is 0.279 e. The summed E-state index contributed by atoms with van der Waals surface area (Å²) in [5.74, 6) is 2.13. The van der Waals surface area contributed by atoms with E-state index in [9.17, 15) is 8.42 Å². The summed E-state index contributed by atoms with van der Waals surface area (Å²) in [5.41, 5.74) is 1.93. The van der Waals surface area contributed by atoms with Gasteiger partial charge in [0.2, 0.25) is 0 Å². The summed E-state index contributed by atoms with van der Waals surface area (Å²) in [4.78, 5) is 0.148. The van der Waals surface area contributed by atoms with E-state index in [0.717, 1.165) is 4.41 Å². The first-order chi connectivity index (χ1) is 16.4. The lowest BCUT2D eigenvalue weighted by Gasteiger charge is -2.25.